The minimum absolute atomic E-state index is 0. The quantitative estimate of drug-likeness (QED) is 0.749. The van der Waals surface area contributed by atoms with Crippen LogP contribution in [-0.2, 0) is 0 Å². The van der Waals surface area contributed by atoms with E-state index in [-0.39, 0.29) is 24.8 Å². The van der Waals surface area contributed by atoms with Gasteiger partial charge in [0.2, 0.25) is 0 Å². The van der Waals surface area contributed by atoms with Crippen LogP contribution in [0.3, 0.4) is 0 Å². The Morgan fingerprint density at radius 3 is 2.42 bits per heavy atom. The molecule has 1 N–H and O–H groups in total. The number of halogens is 3. The van der Waals surface area contributed by atoms with Crippen molar-refractivity contribution in [2.45, 2.75) is 25.8 Å². The van der Waals surface area contributed by atoms with Crippen LogP contribution in [0.1, 0.15) is 31.4 Å². The van der Waals surface area contributed by atoms with Gasteiger partial charge in [-0.2, -0.15) is 0 Å². The van der Waals surface area contributed by atoms with E-state index in [4.69, 9.17) is 0 Å². The molecule has 0 bridgehead atoms. The SMILES string of the molecule is CCC[C@H](c1ccccc1I)N1CCNCC1.Cl.Cl. The van der Waals surface area contributed by atoms with E-state index in [0.29, 0.717) is 6.04 Å². The number of hydrogen-bond acceptors (Lipinski definition) is 2. The van der Waals surface area contributed by atoms with Crippen LogP contribution in [0.15, 0.2) is 24.3 Å². The average molecular weight is 417 g/mol. The first-order valence-electron chi connectivity index (χ1n) is 6.52. The van der Waals surface area contributed by atoms with Crippen molar-refractivity contribution in [1.29, 1.82) is 0 Å². The molecule has 0 amide bonds. The van der Waals surface area contributed by atoms with Gasteiger partial charge in [0.05, 0.1) is 0 Å². The molecule has 2 nitrogen and oxygen atoms in total. The third-order valence-corrected chi connectivity index (χ3v) is 4.40. The Morgan fingerprint density at radius 2 is 1.84 bits per heavy atom. The van der Waals surface area contributed by atoms with Crippen molar-refractivity contribution >= 4 is 47.4 Å². The standard InChI is InChI=1S/C14H21IN2.2ClH/c1-2-5-14(17-10-8-16-9-11-17)12-6-3-4-7-13(12)15;;/h3-4,6-7,14,16H,2,5,8-11H2,1H3;2*1H/t14-;;/m1../s1. The third-order valence-electron chi connectivity index (χ3n) is 3.42. The zero-order valence-corrected chi connectivity index (χ0v) is 15.1. The van der Waals surface area contributed by atoms with E-state index in [0.717, 1.165) is 13.1 Å². The zero-order valence-electron chi connectivity index (χ0n) is 11.3. The van der Waals surface area contributed by atoms with Gasteiger partial charge in [0, 0.05) is 35.8 Å². The van der Waals surface area contributed by atoms with Crippen LogP contribution < -0.4 is 5.32 Å². The van der Waals surface area contributed by atoms with Gasteiger partial charge in [-0.25, -0.2) is 0 Å². The molecule has 0 unspecified atom stereocenters. The van der Waals surface area contributed by atoms with Gasteiger partial charge >= 0.3 is 0 Å². The van der Waals surface area contributed by atoms with Crippen LogP contribution in [0.25, 0.3) is 0 Å². The molecule has 1 fully saturated rings. The topological polar surface area (TPSA) is 15.3 Å². The minimum atomic E-state index is 0. The molecule has 5 heteroatoms. The van der Waals surface area contributed by atoms with Gasteiger partial charge in [-0.15, -0.1) is 24.8 Å². The third kappa shape index (κ3) is 5.38. The number of rotatable bonds is 4. The van der Waals surface area contributed by atoms with Crippen molar-refractivity contribution in [2.75, 3.05) is 26.2 Å². The Morgan fingerprint density at radius 1 is 1.21 bits per heavy atom. The fourth-order valence-electron chi connectivity index (χ4n) is 2.55. The molecule has 2 rings (SSSR count). The van der Waals surface area contributed by atoms with Gasteiger partial charge in [0.25, 0.3) is 0 Å². The molecule has 0 spiro atoms. The summed E-state index contributed by atoms with van der Waals surface area (Å²) in [5.41, 5.74) is 1.51. The van der Waals surface area contributed by atoms with Crippen molar-refractivity contribution < 1.29 is 0 Å². The lowest BCUT2D eigenvalue weighted by Gasteiger charge is -2.35. The molecule has 1 atom stereocenters. The molecule has 0 saturated carbocycles. The number of nitrogens with zero attached hydrogens (tertiary/aromatic N) is 1. The van der Waals surface area contributed by atoms with Crippen LogP contribution in [-0.4, -0.2) is 31.1 Å². The summed E-state index contributed by atoms with van der Waals surface area (Å²) in [7, 11) is 0. The Balaban J connectivity index is 0.00000162. The van der Waals surface area contributed by atoms with Crippen LogP contribution in [0.2, 0.25) is 0 Å². The van der Waals surface area contributed by atoms with E-state index in [1.54, 1.807) is 0 Å². The van der Waals surface area contributed by atoms with Crippen molar-refractivity contribution in [1.82, 2.24) is 10.2 Å². The molecule has 1 aromatic carbocycles. The molecule has 110 valence electrons. The van der Waals surface area contributed by atoms with Crippen molar-refractivity contribution in [3.63, 3.8) is 0 Å². The van der Waals surface area contributed by atoms with E-state index in [9.17, 15) is 0 Å². The average Bonchev–Trinajstić information content (AvgIpc) is 2.38. The molecule has 0 aromatic heterocycles. The molecular formula is C14H23Cl2IN2. The molecule has 19 heavy (non-hydrogen) atoms. The lowest BCUT2D eigenvalue weighted by atomic mass is 10.00. The van der Waals surface area contributed by atoms with Gasteiger partial charge in [0.1, 0.15) is 0 Å². The molecule has 1 aromatic rings. The molecule has 1 heterocycles. The van der Waals surface area contributed by atoms with Gasteiger partial charge in [0.15, 0.2) is 0 Å². The fraction of sp³-hybridized carbons (Fsp3) is 0.571. The van der Waals surface area contributed by atoms with Crippen LogP contribution in [0.5, 0.6) is 0 Å². The normalized spacial score (nSPS) is 17.2. The maximum absolute atomic E-state index is 3.43. The molecular weight excluding hydrogens is 394 g/mol. The number of nitrogens with one attached hydrogen (secondary N) is 1. The van der Waals surface area contributed by atoms with Gasteiger partial charge in [-0.1, -0.05) is 31.5 Å². The van der Waals surface area contributed by atoms with Crippen LogP contribution in [0.4, 0.5) is 0 Å². The van der Waals surface area contributed by atoms with Crippen molar-refractivity contribution in [3.05, 3.63) is 33.4 Å². The predicted molar refractivity (Wildman–Crippen MR) is 95.7 cm³/mol. The van der Waals surface area contributed by atoms with E-state index < -0.39 is 0 Å². The molecule has 1 aliphatic heterocycles. The summed E-state index contributed by atoms with van der Waals surface area (Å²) in [6.07, 6.45) is 2.51. The summed E-state index contributed by atoms with van der Waals surface area (Å²) >= 11 is 2.47. The maximum atomic E-state index is 3.43. The smallest absolute Gasteiger partial charge is 0.0359 e. The summed E-state index contributed by atoms with van der Waals surface area (Å²) in [4.78, 5) is 2.64. The van der Waals surface area contributed by atoms with Gasteiger partial charge < -0.3 is 5.32 Å². The van der Waals surface area contributed by atoms with E-state index in [1.807, 2.05) is 0 Å². The highest BCUT2D eigenvalue weighted by Gasteiger charge is 2.22. The highest BCUT2D eigenvalue weighted by molar-refractivity contribution is 14.1. The maximum Gasteiger partial charge on any atom is 0.0359 e. The first-order chi connectivity index (χ1) is 8.33. The van der Waals surface area contributed by atoms with Gasteiger partial charge in [-0.3, -0.25) is 4.90 Å². The van der Waals surface area contributed by atoms with E-state index in [1.165, 1.54) is 35.1 Å². The molecule has 1 aliphatic rings. The Labute approximate surface area is 142 Å². The highest BCUT2D eigenvalue weighted by atomic mass is 127. The lowest BCUT2D eigenvalue weighted by Crippen LogP contribution is -2.45. The van der Waals surface area contributed by atoms with Crippen LogP contribution >= 0.6 is 47.4 Å². The second kappa shape index (κ2) is 10.2. The van der Waals surface area contributed by atoms with Crippen LogP contribution in [0, 0.1) is 3.57 Å². The highest BCUT2D eigenvalue weighted by Crippen LogP contribution is 2.29. The Hall–Kier alpha value is 0.450. The monoisotopic (exact) mass is 416 g/mol. The summed E-state index contributed by atoms with van der Waals surface area (Å²) in [6, 6.07) is 9.43. The van der Waals surface area contributed by atoms with Crippen molar-refractivity contribution in [2.24, 2.45) is 0 Å². The second-order valence-electron chi connectivity index (χ2n) is 4.61. The minimum Gasteiger partial charge on any atom is -0.314 e. The number of piperazine rings is 1. The van der Waals surface area contributed by atoms with Gasteiger partial charge in [-0.05, 0) is 40.6 Å². The lowest BCUT2D eigenvalue weighted by molar-refractivity contribution is 0.164. The predicted octanol–water partition coefficient (Wildman–Crippen LogP) is 3.88. The first-order valence-corrected chi connectivity index (χ1v) is 7.60. The second-order valence-corrected chi connectivity index (χ2v) is 5.77. The Bertz CT molecular complexity index is 357. The van der Waals surface area contributed by atoms with E-state index in [2.05, 4.69) is 64.0 Å². The Kier molecular flexibility index (Phi) is 10.5. The summed E-state index contributed by atoms with van der Waals surface area (Å²) in [5.74, 6) is 0. The summed E-state index contributed by atoms with van der Waals surface area (Å²) < 4.78 is 1.40. The fourth-order valence-corrected chi connectivity index (χ4v) is 3.29. The molecule has 0 aliphatic carbocycles. The van der Waals surface area contributed by atoms with Crippen molar-refractivity contribution in [3.8, 4) is 0 Å². The summed E-state index contributed by atoms with van der Waals surface area (Å²) in [6.45, 7) is 6.89. The largest absolute Gasteiger partial charge is 0.314 e. The zero-order chi connectivity index (χ0) is 12.1. The molecule has 1 saturated heterocycles. The first kappa shape index (κ1) is 19.4. The van der Waals surface area contributed by atoms with E-state index >= 15 is 0 Å². The number of hydrogen-bond donors (Lipinski definition) is 1. The molecule has 0 radical (unpaired) electrons. The number of benzene rings is 1. The summed E-state index contributed by atoms with van der Waals surface area (Å²) in [5, 5.41) is 3.43.